The summed E-state index contributed by atoms with van der Waals surface area (Å²) in [7, 11) is 0. The van der Waals surface area contributed by atoms with Gasteiger partial charge in [0.05, 0.1) is 0 Å². The van der Waals surface area contributed by atoms with E-state index in [9.17, 15) is 14.4 Å². The number of hydrogen-bond donors (Lipinski definition) is 0. The second-order valence-electron chi connectivity index (χ2n) is 16.0. The van der Waals surface area contributed by atoms with Gasteiger partial charge in [0, 0.05) is 19.3 Å². The van der Waals surface area contributed by atoms with E-state index in [0.29, 0.717) is 19.3 Å². The molecule has 0 spiro atoms. The Labute approximate surface area is 341 Å². The van der Waals surface area contributed by atoms with Gasteiger partial charge in [0.15, 0.2) is 6.10 Å². The SMILES string of the molecule is CCCCCCCC/C=C/CCCCCCCC(=O)OCC(COC(=O)CCCCCCCCC)OC(=O)CCCCCCC/C=C/CCCCCCCC. The largest absolute Gasteiger partial charge is 0.462 e. The quantitative estimate of drug-likeness (QED) is 0.0266. The van der Waals surface area contributed by atoms with E-state index < -0.39 is 6.10 Å². The number of carbonyl (C=O) groups is 3. The number of esters is 3. The van der Waals surface area contributed by atoms with Crippen LogP contribution in [0.25, 0.3) is 0 Å². The highest BCUT2D eigenvalue weighted by molar-refractivity contribution is 5.71. The average Bonchev–Trinajstić information content (AvgIpc) is 3.18. The number of carbonyl (C=O) groups excluding carboxylic acids is 3. The maximum atomic E-state index is 12.7. The standard InChI is InChI=1S/C49H90O6/c1-4-7-10-13-16-18-20-22-24-26-28-30-33-36-39-42-48(51)54-45-46(44-53-47(50)41-38-35-32-15-12-9-6-3)55-49(52)43-40-37-34-31-29-27-25-23-21-19-17-14-11-8-5-2/h22-25,46H,4-21,26-45H2,1-3H3/b24-22+,25-23+. The number of ether oxygens (including phenoxy) is 3. The molecule has 1 atom stereocenters. The molecule has 6 nitrogen and oxygen atoms in total. The molecule has 0 radical (unpaired) electrons. The molecule has 0 aromatic carbocycles. The van der Waals surface area contributed by atoms with Crippen LogP contribution in [0, 0.1) is 0 Å². The zero-order valence-electron chi connectivity index (χ0n) is 36.7. The van der Waals surface area contributed by atoms with Crippen molar-refractivity contribution < 1.29 is 28.6 Å². The second-order valence-corrected chi connectivity index (χ2v) is 16.0. The molecule has 6 heteroatoms. The Morgan fingerprint density at radius 1 is 0.345 bits per heavy atom. The van der Waals surface area contributed by atoms with Crippen LogP contribution in [-0.4, -0.2) is 37.2 Å². The molecule has 0 aliphatic rings. The van der Waals surface area contributed by atoms with Gasteiger partial charge in [-0.2, -0.15) is 0 Å². The molecule has 0 saturated carbocycles. The van der Waals surface area contributed by atoms with Crippen LogP contribution >= 0.6 is 0 Å². The minimum Gasteiger partial charge on any atom is -0.462 e. The summed E-state index contributed by atoms with van der Waals surface area (Å²) in [6.07, 6.45) is 48.8. The molecule has 322 valence electrons. The summed E-state index contributed by atoms with van der Waals surface area (Å²) in [6.45, 7) is 6.58. The highest BCUT2D eigenvalue weighted by Crippen LogP contribution is 2.14. The number of unbranched alkanes of at least 4 members (excludes halogenated alkanes) is 28. The molecular formula is C49H90O6. The molecule has 0 rings (SSSR count). The monoisotopic (exact) mass is 775 g/mol. The van der Waals surface area contributed by atoms with Crippen LogP contribution in [0.3, 0.4) is 0 Å². The third kappa shape index (κ3) is 42.9. The molecule has 0 fully saturated rings. The van der Waals surface area contributed by atoms with Gasteiger partial charge in [-0.3, -0.25) is 14.4 Å². The minimum atomic E-state index is -0.772. The van der Waals surface area contributed by atoms with Gasteiger partial charge >= 0.3 is 17.9 Å². The first-order valence-electron chi connectivity index (χ1n) is 23.8. The first kappa shape index (κ1) is 52.9. The molecule has 0 aromatic rings. The lowest BCUT2D eigenvalue weighted by molar-refractivity contribution is -0.167. The van der Waals surface area contributed by atoms with Crippen LogP contribution in [-0.2, 0) is 28.6 Å². The van der Waals surface area contributed by atoms with Crippen molar-refractivity contribution in [2.24, 2.45) is 0 Å². The van der Waals surface area contributed by atoms with Gasteiger partial charge in [0.2, 0.25) is 0 Å². The molecule has 0 bridgehead atoms. The van der Waals surface area contributed by atoms with Crippen molar-refractivity contribution in [2.75, 3.05) is 13.2 Å². The molecule has 0 amide bonds. The van der Waals surface area contributed by atoms with Crippen molar-refractivity contribution in [1.82, 2.24) is 0 Å². The fraction of sp³-hybridized carbons (Fsp3) is 0.857. The summed E-state index contributed by atoms with van der Waals surface area (Å²) in [5.41, 5.74) is 0. The Hall–Kier alpha value is -2.11. The number of rotatable bonds is 43. The molecular weight excluding hydrogens is 685 g/mol. The van der Waals surface area contributed by atoms with Crippen LogP contribution in [0.1, 0.15) is 252 Å². The molecule has 0 aliphatic carbocycles. The summed E-state index contributed by atoms with van der Waals surface area (Å²) in [5, 5.41) is 0. The van der Waals surface area contributed by atoms with Crippen molar-refractivity contribution in [3.63, 3.8) is 0 Å². The van der Waals surface area contributed by atoms with E-state index in [1.165, 1.54) is 141 Å². The van der Waals surface area contributed by atoms with Crippen molar-refractivity contribution in [3.05, 3.63) is 24.3 Å². The van der Waals surface area contributed by atoms with Crippen LogP contribution < -0.4 is 0 Å². The Bertz CT molecular complexity index is 896. The zero-order chi connectivity index (χ0) is 40.1. The zero-order valence-corrected chi connectivity index (χ0v) is 36.7. The molecule has 0 heterocycles. The number of allylic oxidation sites excluding steroid dienone is 4. The van der Waals surface area contributed by atoms with E-state index >= 15 is 0 Å². The van der Waals surface area contributed by atoms with E-state index in [2.05, 4.69) is 45.1 Å². The van der Waals surface area contributed by atoms with Gasteiger partial charge in [0.25, 0.3) is 0 Å². The smallest absolute Gasteiger partial charge is 0.306 e. The fourth-order valence-corrected chi connectivity index (χ4v) is 6.78. The summed E-state index contributed by atoms with van der Waals surface area (Å²) < 4.78 is 16.7. The van der Waals surface area contributed by atoms with E-state index in [1.807, 2.05) is 0 Å². The first-order chi connectivity index (χ1) is 27.0. The highest BCUT2D eigenvalue weighted by Gasteiger charge is 2.19. The third-order valence-corrected chi connectivity index (χ3v) is 10.4. The highest BCUT2D eigenvalue weighted by atomic mass is 16.6. The summed E-state index contributed by atoms with van der Waals surface area (Å²) >= 11 is 0. The lowest BCUT2D eigenvalue weighted by atomic mass is 10.1. The molecule has 1 unspecified atom stereocenters. The van der Waals surface area contributed by atoms with E-state index in [1.54, 1.807) is 0 Å². The summed E-state index contributed by atoms with van der Waals surface area (Å²) in [4.78, 5) is 37.7. The first-order valence-corrected chi connectivity index (χ1v) is 23.8. The van der Waals surface area contributed by atoms with Crippen molar-refractivity contribution >= 4 is 17.9 Å². The van der Waals surface area contributed by atoms with Crippen LogP contribution in [0.4, 0.5) is 0 Å². The lowest BCUT2D eigenvalue weighted by Crippen LogP contribution is -2.30. The predicted octanol–water partition coefficient (Wildman–Crippen LogP) is 15.2. The molecule has 0 N–H and O–H groups in total. The van der Waals surface area contributed by atoms with Crippen molar-refractivity contribution in [2.45, 2.75) is 258 Å². The lowest BCUT2D eigenvalue weighted by Gasteiger charge is -2.18. The molecule has 0 aromatic heterocycles. The van der Waals surface area contributed by atoms with Gasteiger partial charge in [-0.25, -0.2) is 0 Å². The molecule has 0 saturated heterocycles. The van der Waals surface area contributed by atoms with Crippen LogP contribution in [0.5, 0.6) is 0 Å². The van der Waals surface area contributed by atoms with Gasteiger partial charge in [-0.15, -0.1) is 0 Å². The topological polar surface area (TPSA) is 78.9 Å². The summed E-state index contributed by atoms with van der Waals surface area (Å²) in [6, 6.07) is 0. The maximum absolute atomic E-state index is 12.7. The second kappa shape index (κ2) is 44.6. The average molecular weight is 775 g/mol. The number of hydrogen-bond acceptors (Lipinski definition) is 6. The van der Waals surface area contributed by atoms with Crippen molar-refractivity contribution in [1.29, 1.82) is 0 Å². The Morgan fingerprint density at radius 2 is 0.600 bits per heavy atom. The molecule has 0 aliphatic heterocycles. The Kier molecular flexibility index (Phi) is 42.9. The van der Waals surface area contributed by atoms with E-state index in [4.69, 9.17) is 14.2 Å². The van der Waals surface area contributed by atoms with E-state index in [-0.39, 0.29) is 31.1 Å². The van der Waals surface area contributed by atoms with E-state index in [0.717, 1.165) is 70.6 Å². The fourth-order valence-electron chi connectivity index (χ4n) is 6.78. The van der Waals surface area contributed by atoms with Crippen LogP contribution in [0.2, 0.25) is 0 Å². The van der Waals surface area contributed by atoms with Gasteiger partial charge in [-0.05, 0) is 70.6 Å². The predicted molar refractivity (Wildman–Crippen MR) is 233 cm³/mol. The third-order valence-electron chi connectivity index (χ3n) is 10.4. The van der Waals surface area contributed by atoms with Crippen molar-refractivity contribution in [3.8, 4) is 0 Å². The van der Waals surface area contributed by atoms with Gasteiger partial charge < -0.3 is 14.2 Å². The van der Waals surface area contributed by atoms with Gasteiger partial charge in [0.1, 0.15) is 13.2 Å². The Morgan fingerprint density at radius 3 is 0.909 bits per heavy atom. The Balaban J connectivity index is 4.30. The normalized spacial score (nSPS) is 12.1. The molecule has 55 heavy (non-hydrogen) atoms. The van der Waals surface area contributed by atoms with Crippen LogP contribution in [0.15, 0.2) is 24.3 Å². The maximum Gasteiger partial charge on any atom is 0.306 e. The summed E-state index contributed by atoms with van der Waals surface area (Å²) in [5.74, 6) is -0.893. The van der Waals surface area contributed by atoms with Gasteiger partial charge in [-0.1, -0.05) is 186 Å². The minimum absolute atomic E-state index is 0.0753.